The van der Waals surface area contributed by atoms with Crippen molar-refractivity contribution in [2.75, 3.05) is 0 Å². The summed E-state index contributed by atoms with van der Waals surface area (Å²) >= 11 is 6.59. The number of H-pyrrole nitrogens is 1. The van der Waals surface area contributed by atoms with Crippen molar-refractivity contribution < 1.29 is 4.98 Å². The van der Waals surface area contributed by atoms with Crippen molar-refractivity contribution in [1.29, 1.82) is 0 Å². The molecule has 32 valence electrons. The first-order chi connectivity index (χ1) is 2.89. The zero-order valence-corrected chi connectivity index (χ0v) is 4.38. The van der Waals surface area contributed by atoms with Crippen molar-refractivity contribution in [2.24, 2.45) is 0 Å². The van der Waals surface area contributed by atoms with Crippen LogP contribution in [0.25, 0.3) is 0 Å². The first-order valence-corrected chi connectivity index (χ1v) is 2.52. The molecule has 0 aliphatic carbocycles. The highest BCUT2D eigenvalue weighted by molar-refractivity contribution is 7.09. The Labute approximate surface area is 44.0 Å². The van der Waals surface area contributed by atoms with Crippen LogP contribution in [0.3, 0.4) is 0 Å². The van der Waals surface area contributed by atoms with Crippen LogP contribution in [0.4, 0.5) is 0 Å². The fourth-order valence-electron chi connectivity index (χ4n) is 0.176. The molecule has 1 heterocycles. The van der Waals surface area contributed by atoms with E-state index < -0.39 is 0 Å². The van der Waals surface area contributed by atoms with Gasteiger partial charge in [0.15, 0.2) is 11.5 Å². The quantitative estimate of drug-likeness (QED) is 0.494. The van der Waals surface area contributed by atoms with Crippen molar-refractivity contribution in [3.8, 4) is 0 Å². The highest BCUT2D eigenvalue weighted by atomic mass is 35.5. The minimum Gasteiger partial charge on any atom is -0.221 e. The molecule has 0 bridgehead atoms. The summed E-state index contributed by atoms with van der Waals surface area (Å²) in [5, 5.41) is 0. The monoisotopic (exact) mass is 121 g/mol. The van der Waals surface area contributed by atoms with E-state index in [0.717, 1.165) is 0 Å². The molecule has 2 nitrogen and oxygen atoms in total. The molecular formula is C2H2ClN2S+. The normalized spacial score (nSPS) is 8.83. The van der Waals surface area contributed by atoms with E-state index in [0.29, 0.717) is 4.47 Å². The number of aromatic nitrogens is 2. The zero-order valence-electron chi connectivity index (χ0n) is 2.81. The maximum atomic E-state index is 5.36. The van der Waals surface area contributed by atoms with Gasteiger partial charge in [-0.1, -0.05) is 0 Å². The van der Waals surface area contributed by atoms with E-state index in [9.17, 15) is 0 Å². The molecule has 0 saturated carbocycles. The van der Waals surface area contributed by atoms with Gasteiger partial charge in [0, 0.05) is 4.37 Å². The average molecular weight is 122 g/mol. The van der Waals surface area contributed by atoms with Crippen molar-refractivity contribution in [2.45, 2.75) is 0 Å². The lowest BCUT2D eigenvalue weighted by molar-refractivity contribution is -0.371. The molecule has 1 N–H and O–H groups in total. The van der Waals surface area contributed by atoms with Crippen LogP contribution in [0.5, 0.6) is 0 Å². The van der Waals surface area contributed by atoms with Gasteiger partial charge in [0.25, 0.3) is 4.47 Å². The lowest BCUT2D eigenvalue weighted by atomic mass is 11.3. The molecule has 1 rings (SSSR count). The zero-order chi connectivity index (χ0) is 4.41. The van der Waals surface area contributed by atoms with Gasteiger partial charge in [0.2, 0.25) is 0 Å². The number of halogens is 1. The van der Waals surface area contributed by atoms with Crippen LogP contribution >= 0.6 is 23.1 Å². The second-order valence-corrected chi connectivity index (χ2v) is 2.15. The van der Waals surface area contributed by atoms with Crippen LogP contribution in [0.2, 0.25) is 4.47 Å². The molecule has 0 radical (unpaired) electrons. The van der Waals surface area contributed by atoms with Crippen LogP contribution in [-0.2, 0) is 0 Å². The van der Waals surface area contributed by atoms with E-state index in [1.165, 1.54) is 11.5 Å². The fourth-order valence-corrected chi connectivity index (χ4v) is 0.648. The number of nitrogens with zero attached hydrogens (tertiary/aromatic N) is 1. The van der Waals surface area contributed by atoms with Gasteiger partial charge in [0.05, 0.1) is 0 Å². The van der Waals surface area contributed by atoms with Crippen molar-refractivity contribution in [3.05, 3.63) is 10.8 Å². The number of rotatable bonds is 0. The minimum absolute atomic E-state index is 0.620. The first kappa shape index (κ1) is 4.02. The number of hydrogen-bond acceptors (Lipinski definition) is 2. The molecule has 0 saturated heterocycles. The predicted octanol–water partition coefficient (Wildman–Crippen LogP) is 0.611. The van der Waals surface area contributed by atoms with Crippen LogP contribution < -0.4 is 4.98 Å². The van der Waals surface area contributed by atoms with E-state index in [4.69, 9.17) is 11.6 Å². The maximum Gasteiger partial charge on any atom is 0.301 e. The van der Waals surface area contributed by atoms with Gasteiger partial charge in [0.1, 0.15) is 0 Å². The summed E-state index contributed by atoms with van der Waals surface area (Å²) in [5.41, 5.74) is 0. The van der Waals surface area contributed by atoms with Crippen molar-refractivity contribution in [3.63, 3.8) is 0 Å². The van der Waals surface area contributed by atoms with E-state index >= 15 is 0 Å². The van der Waals surface area contributed by atoms with E-state index in [1.807, 2.05) is 0 Å². The Bertz CT molecular complexity index is 115. The summed E-state index contributed by atoms with van der Waals surface area (Å²) in [7, 11) is 0. The SMILES string of the molecule is Clc1[nH+]cns1. The maximum absolute atomic E-state index is 5.36. The Morgan fingerprint density at radius 1 is 2.00 bits per heavy atom. The van der Waals surface area contributed by atoms with Gasteiger partial charge < -0.3 is 0 Å². The summed E-state index contributed by atoms with van der Waals surface area (Å²) in [5.74, 6) is 0. The Balaban J connectivity index is 3.05. The summed E-state index contributed by atoms with van der Waals surface area (Å²) in [6, 6.07) is 0. The smallest absolute Gasteiger partial charge is 0.221 e. The van der Waals surface area contributed by atoms with Crippen molar-refractivity contribution >= 4 is 23.1 Å². The summed E-state index contributed by atoms with van der Waals surface area (Å²) in [6.45, 7) is 0. The lowest BCUT2D eigenvalue weighted by Crippen LogP contribution is -1.91. The van der Waals surface area contributed by atoms with Crippen LogP contribution in [0.15, 0.2) is 6.33 Å². The van der Waals surface area contributed by atoms with E-state index in [2.05, 4.69) is 9.36 Å². The molecule has 4 heteroatoms. The minimum atomic E-state index is 0.620. The highest BCUT2D eigenvalue weighted by Crippen LogP contribution is 1.99. The Kier molecular flexibility index (Phi) is 1.03. The van der Waals surface area contributed by atoms with Crippen LogP contribution in [0.1, 0.15) is 0 Å². The van der Waals surface area contributed by atoms with Gasteiger partial charge in [-0.05, 0) is 11.6 Å². The molecule has 1 aromatic heterocycles. The molecule has 0 fully saturated rings. The molecule has 0 aliphatic rings. The lowest BCUT2D eigenvalue weighted by Gasteiger charge is -1.51. The van der Waals surface area contributed by atoms with Gasteiger partial charge in [-0.25, -0.2) is 4.98 Å². The summed E-state index contributed by atoms with van der Waals surface area (Å²) < 4.78 is 4.30. The molecule has 0 atom stereocenters. The third-order valence-electron chi connectivity index (χ3n) is 0.364. The Morgan fingerprint density at radius 2 is 2.83 bits per heavy atom. The predicted molar refractivity (Wildman–Crippen MR) is 23.7 cm³/mol. The fraction of sp³-hybridized carbons (Fsp3) is 0. The second-order valence-electron chi connectivity index (χ2n) is 0.744. The molecule has 0 amide bonds. The van der Waals surface area contributed by atoms with Gasteiger partial charge in [-0.3, -0.25) is 0 Å². The van der Waals surface area contributed by atoms with Crippen molar-refractivity contribution in [1.82, 2.24) is 4.37 Å². The van der Waals surface area contributed by atoms with Gasteiger partial charge in [-0.15, -0.1) is 0 Å². The molecular weight excluding hydrogens is 120 g/mol. The summed E-state index contributed by atoms with van der Waals surface area (Å²) in [4.78, 5) is 2.67. The molecule has 0 spiro atoms. The molecule has 0 unspecified atom stereocenters. The first-order valence-electron chi connectivity index (χ1n) is 1.37. The standard InChI is InChI=1S/C2HClN2S/c3-2-4-1-5-6-2/h1H/p+1. The van der Waals surface area contributed by atoms with E-state index in [1.54, 1.807) is 6.33 Å². The van der Waals surface area contributed by atoms with Crippen LogP contribution in [0, 0.1) is 0 Å². The Hall–Kier alpha value is -0.150. The third kappa shape index (κ3) is 0.666. The second kappa shape index (κ2) is 1.53. The van der Waals surface area contributed by atoms with E-state index in [-0.39, 0.29) is 0 Å². The average Bonchev–Trinajstić information content (AvgIpc) is 1.86. The van der Waals surface area contributed by atoms with Gasteiger partial charge >= 0.3 is 6.33 Å². The molecule has 6 heavy (non-hydrogen) atoms. The number of aromatic amines is 1. The molecule has 1 aromatic rings. The Morgan fingerprint density at radius 3 is 3.00 bits per heavy atom. The number of hydrogen-bond donors (Lipinski definition) is 0. The third-order valence-corrected chi connectivity index (χ3v) is 1.17. The highest BCUT2D eigenvalue weighted by Gasteiger charge is 1.91. The molecule has 0 aliphatic heterocycles. The largest absolute Gasteiger partial charge is 0.301 e. The van der Waals surface area contributed by atoms with Gasteiger partial charge in [-0.2, -0.15) is 0 Å². The molecule has 0 aromatic carbocycles. The topological polar surface area (TPSA) is 27.0 Å². The van der Waals surface area contributed by atoms with Crippen LogP contribution in [-0.4, -0.2) is 4.37 Å². The summed E-state index contributed by atoms with van der Waals surface area (Å²) in [6.07, 6.45) is 1.55. The number of nitrogens with one attached hydrogen (secondary N) is 1.